The monoisotopic (exact) mass is 930 g/mol. The molecule has 3 aromatic carbocycles. The van der Waals surface area contributed by atoms with E-state index < -0.39 is 5.60 Å². The van der Waals surface area contributed by atoms with Gasteiger partial charge in [-0.25, -0.2) is 9.59 Å². The SMILES string of the molecule is C.C.CC1CCN(C(=O)OC(C)(C)C)CC1.Cc1ccc2[nH]ncc2c1.Cc1ccc2c(cnn2C2CCN(C(=O)OC(C)(C)C)CC2)c1.Cc1ccc2c(cnn2C2CCNCC2)c1.Cl. The van der Waals surface area contributed by atoms with Gasteiger partial charge in [0, 0.05) is 42.3 Å². The van der Waals surface area contributed by atoms with Crippen molar-refractivity contribution in [2.75, 3.05) is 39.3 Å². The lowest BCUT2D eigenvalue weighted by atomic mass is 10.00. The Morgan fingerprint density at radius 1 is 0.591 bits per heavy atom. The maximum absolute atomic E-state index is 12.1. The smallest absolute Gasteiger partial charge is 0.410 e. The van der Waals surface area contributed by atoms with E-state index >= 15 is 0 Å². The van der Waals surface area contributed by atoms with Gasteiger partial charge in [0.15, 0.2) is 0 Å². The van der Waals surface area contributed by atoms with Crippen LogP contribution in [0.2, 0.25) is 0 Å². The lowest BCUT2D eigenvalue weighted by Crippen LogP contribution is -2.42. The molecular weight excluding hydrogens is 850 g/mol. The van der Waals surface area contributed by atoms with Gasteiger partial charge in [-0.1, -0.05) is 56.7 Å². The van der Waals surface area contributed by atoms with E-state index in [9.17, 15) is 9.59 Å². The van der Waals surface area contributed by atoms with Crippen LogP contribution in [0.5, 0.6) is 0 Å². The van der Waals surface area contributed by atoms with Crippen molar-refractivity contribution in [1.82, 2.24) is 44.9 Å². The fourth-order valence-electron chi connectivity index (χ4n) is 8.18. The summed E-state index contributed by atoms with van der Waals surface area (Å²) < 4.78 is 15.1. The molecule has 3 aromatic heterocycles. The van der Waals surface area contributed by atoms with Gasteiger partial charge in [-0.05, 0) is 156 Å². The summed E-state index contributed by atoms with van der Waals surface area (Å²) in [4.78, 5) is 27.4. The molecule has 0 spiro atoms. The van der Waals surface area contributed by atoms with E-state index in [1.165, 1.54) is 56.7 Å². The molecule has 0 atom stereocenters. The number of carbonyl (C=O) groups excluding carboxylic acids is 2. The number of likely N-dealkylation sites (tertiary alicyclic amines) is 2. The maximum Gasteiger partial charge on any atom is 0.410 e. The summed E-state index contributed by atoms with van der Waals surface area (Å²) in [7, 11) is 0. The van der Waals surface area contributed by atoms with Crippen LogP contribution >= 0.6 is 12.4 Å². The first-order valence-electron chi connectivity index (χ1n) is 22.9. The van der Waals surface area contributed by atoms with E-state index in [1.807, 2.05) is 71.1 Å². The van der Waals surface area contributed by atoms with Crippen LogP contribution in [0.4, 0.5) is 9.59 Å². The molecule has 0 aliphatic carbocycles. The summed E-state index contributed by atoms with van der Waals surface area (Å²) in [5, 5.41) is 23.0. The summed E-state index contributed by atoms with van der Waals surface area (Å²) in [5.74, 6) is 0.744. The fourth-order valence-corrected chi connectivity index (χ4v) is 8.18. The number of ether oxygens (including phenoxy) is 2. The molecule has 0 bridgehead atoms. The van der Waals surface area contributed by atoms with E-state index in [2.05, 4.69) is 111 Å². The number of aromatic amines is 1. The zero-order chi connectivity index (χ0) is 45.3. The first-order valence-corrected chi connectivity index (χ1v) is 22.9. The van der Waals surface area contributed by atoms with Crippen LogP contribution in [0.25, 0.3) is 32.7 Å². The second-order valence-corrected chi connectivity index (χ2v) is 19.6. The highest BCUT2D eigenvalue weighted by atomic mass is 35.5. The number of hydrogen-bond donors (Lipinski definition) is 2. The van der Waals surface area contributed by atoms with Crippen molar-refractivity contribution in [3.63, 3.8) is 0 Å². The first-order chi connectivity index (χ1) is 29.9. The van der Waals surface area contributed by atoms with Gasteiger partial charge in [-0.2, -0.15) is 15.3 Å². The van der Waals surface area contributed by atoms with Crippen molar-refractivity contribution in [3.05, 3.63) is 89.9 Å². The Morgan fingerprint density at radius 2 is 1.00 bits per heavy atom. The highest BCUT2D eigenvalue weighted by Gasteiger charge is 2.29. The number of nitrogens with one attached hydrogen (secondary N) is 2. The maximum atomic E-state index is 12.1. The Bertz CT molecular complexity index is 2410. The molecule has 6 aromatic rings. The summed E-state index contributed by atoms with van der Waals surface area (Å²) >= 11 is 0. The lowest BCUT2D eigenvalue weighted by Gasteiger charge is -2.33. The van der Waals surface area contributed by atoms with Crippen molar-refractivity contribution in [2.24, 2.45) is 5.92 Å². The normalized spacial score (nSPS) is 16.0. The van der Waals surface area contributed by atoms with Crippen molar-refractivity contribution in [3.8, 4) is 0 Å². The number of piperidine rings is 3. The van der Waals surface area contributed by atoms with Gasteiger partial charge in [0.2, 0.25) is 0 Å². The highest BCUT2D eigenvalue weighted by Crippen LogP contribution is 2.28. The third-order valence-electron chi connectivity index (χ3n) is 11.6. The summed E-state index contributed by atoms with van der Waals surface area (Å²) in [5.41, 5.74) is 6.56. The van der Waals surface area contributed by atoms with E-state index in [0.717, 1.165) is 63.3 Å². The van der Waals surface area contributed by atoms with Gasteiger partial charge < -0.3 is 24.6 Å². The molecule has 0 saturated carbocycles. The van der Waals surface area contributed by atoms with Gasteiger partial charge in [-0.3, -0.25) is 14.5 Å². The van der Waals surface area contributed by atoms with Crippen LogP contribution in [0.1, 0.15) is 131 Å². The lowest BCUT2D eigenvalue weighted by molar-refractivity contribution is 0.0177. The average molecular weight is 931 g/mol. The highest BCUT2D eigenvalue weighted by molar-refractivity contribution is 5.85. The Labute approximate surface area is 400 Å². The number of nitrogens with zero attached hydrogens (tertiary/aromatic N) is 7. The molecular formula is C52H80ClN9O4. The van der Waals surface area contributed by atoms with Crippen molar-refractivity contribution in [1.29, 1.82) is 0 Å². The second kappa shape index (κ2) is 24.6. The molecule has 3 fully saturated rings. The third-order valence-corrected chi connectivity index (χ3v) is 11.6. The standard InChI is InChI=1S/C18H25N3O2.C13H17N3.C11H21NO2.C8H8N2.2CH4.ClH/c1-13-5-6-16-14(11-13)12-19-21(16)15-7-9-20(10-8-15)17(22)23-18(2,3)4;1-10-2-3-13-11(8-10)9-15-16(13)12-4-6-14-7-5-12;1-9-5-7-12(8-6-9)10(13)14-11(2,3)4;1-6-2-3-8-7(4-6)5-9-10-8;;;/h5-6,11-12,15H,7-10H2,1-4H3;2-3,8-9,12,14H,4-7H2,1H3;9H,5-8H2,1-4H3;2-5H,1H3,(H,9,10);2*1H4;1H. The number of amides is 2. The number of hydrogen-bond acceptors (Lipinski definition) is 8. The van der Waals surface area contributed by atoms with Crippen LogP contribution in [0.3, 0.4) is 0 Å². The fraction of sp³-hybridized carbons (Fsp3) is 0.558. The van der Waals surface area contributed by atoms with Crippen LogP contribution < -0.4 is 5.32 Å². The topological polar surface area (TPSA) is 135 Å². The van der Waals surface area contributed by atoms with Crippen LogP contribution in [0, 0.1) is 26.7 Å². The summed E-state index contributed by atoms with van der Waals surface area (Å²) in [6.07, 6.45) is 11.8. The van der Waals surface area contributed by atoms with Crippen LogP contribution in [0.15, 0.2) is 73.2 Å². The number of fused-ring (bicyclic) bond motifs is 3. The van der Waals surface area contributed by atoms with Gasteiger partial charge in [0.1, 0.15) is 11.2 Å². The predicted octanol–water partition coefficient (Wildman–Crippen LogP) is 12.4. The minimum Gasteiger partial charge on any atom is -0.444 e. The number of halogens is 1. The van der Waals surface area contributed by atoms with Crippen LogP contribution in [-0.2, 0) is 9.47 Å². The number of rotatable bonds is 2. The number of benzene rings is 3. The molecule has 0 radical (unpaired) electrons. The summed E-state index contributed by atoms with van der Waals surface area (Å²) in [6, 6.07) is 20.1. The number of aryl methyl sites for hydroxylation is 3. The van der Waals surface area contributed by atoms with E-state index in [1.54, 1.807) is 4.90 Å². The van der Waals surface area contributed by atoms with Crippen LogP contribution in [-0.4, -0.2) is 102 Å². The van der Waals surface area contributed by atoms with Gasteiger partial charge in [-0.15, -0.1) is 12.4 Å². The largest absolute Gasteiger partial charge is 0.444 e. The van der Waals surface area contributed by atoms with Gasteiger partial charge in [0.25, 0.3) is 0 Å². The molecule has 2 N–H and O–H groups in total. The van der Waals surface area contributed by atoms with Gasteiger partial charge >= 0.3 is 12.2 Å². The Balaban J connectivity index is 0.000000239. The molecule has 14 heteroatoms. The molecule has 2 amide bonds. The molecule has 3 aliphatic rings. The zero-order valence-corrected chi connectivity index (χ0v) is 40.6. The molecule has 9 rings (SSSR count). The van der Waals surface area contributed by atoms with E-state index in [4.69, 9.17) is 9.47 Å². The first kappa shape index (κ1) is 55.2. The molecule has 3 aliphatic heterocycles. The molecule has 13 nitrogen and oxygen atoms in total. The van der Waals surface area contributed by atoms with Crippen molar-refractivity contribution >= 4 is 57.3 Å². The molecule has 0 unspecified atom stereocenters. The van der Waals surface area contributed by atoms with Gasteiger partial charge in [0.05, 0.1) is 47.2 Å². The second-order valence-electron chi connectivity index (χ2n) is 19.6. The minimum absolute atomic E-state index is 0. The number of aromatic nitrogens is 6. The Morgan fingerprint density at radius 3 is 1.45 bits per heavy atom. The Kier molecular flexibility index (Phi) is 20.6. The van der Waals surface area contributed by atoms with Crippen molar-refractivity contribution < 1.29 is 19.1 Å². The van der Waals surface area contributed by atoms with E-state index in [-0.39, 0.29) is 45.0 Å². The predicted molar refractivity (Wildman–Crippen MR) is 274 cm³/mol. The number of carbonyl (C=O) groups is 2. The minimum atomic E-state index is -0.440. The Hall–Kier alpha value is -5.14. The summed E-state index contributed by atoms with van der Waals surface area (Å²) in [6.45, 7) is 25.3. The van der Waals surface area contributed by atoms with Crippen molar-refractivity contribution in [2.45, 2.75) is 146 Å². The molecule has 6 heterocycles. The molecule has 3 saturated heterocycles. The third kappa shape index (κ3) is 15.7. The zero-order valence-electron chi connectivity index (χ0n) is 39.8. The number of H-pyrrole nitrogens is 1. The molecule has 364 valence electrons. The van der Waals surface area contributed by atoms with E-state index in [0.29, 0.717) is 25.2 Å². The average Bonchev–Trinajstić information content (AvgIpc) is 3.99. The molecule has 66 heavy (non-hydrogen) atoms. The quantitative estimate of drug-likeness (QED) is 0.175.